The minimum absolute atomic E-state index is 0.497. The van der Waals surface area contributed by atoms with Gasteiger partial charge in [-0.1, -0.05) is 35.0 Å². The Labute approximate surface area is 122 Å². The van der Waals surface area contributed by atoms with Crippen molar-refractivity contribution >= 4 is 35.3 Å². The van der Waals surface area contributed by atoms with Gasteiger partial charge in [-0.3, -0.25) is 9.41 Å². The average molecular weight is 298 g/mol. The van der Waals surface area contributed by atoms with Crippen LogP contribution in [0.3, 0.4) is 0 Å². The van der Waals surface area contributed by atoms with Crippen molar-refractivity contribution in [3.63, 3.8) is 0 Å². The number of rotatable bonds is 4. The lowest BCUT2D eigenvalue weighted by atomic mass is 10.1. The molecule has 0 radical (unpaired) electrons. The van der Waals surface area contributed by atoms with Gasteiger partial charge in [0, 0.05) is 41.2 Å². The molecule has 6 heteroatoms. The van der Waals surface area contributed by atoms with E-state index in [1.807, 2.05) is 24.3 Å². The normalized spacial score (nSPS) is 15.4. The summed E-state index contributed by atoms with van der Waals surface area (Å²) in [5, 5.41) is 4.66. The van der Waals surface area contributed by atoms with Crippen LogP contribution < -0.4 is 0 Å². The van der Waals surface area contributed by atoms with Crippen molar-refractivity contribution in [3.8, 4) is 0 Å². The topological polar surface area (TPSA) is 37.2 Å². The van der Waals surface area contributed by atoms with Gasteiger partial charge >= 0.3 is 0 Å². The summed E-state index contributed by atoms with van der Waals surface area (Å²) in [6.45, 7) is 0.591. The van der Waals surface area contributed by atoms with Crippen LogP contribution in [0.5, 0.6) is 0 Å². The summed E-state index contributed by atoms with van der Waals surface area (Å²) in [7, 11) is 1.50. The minimum Gasteiger partial charge on any atom is -0.399 e. The zero-order valence-electron chi connectivity index (χ0n) is 10.4. The molecule has 19 heavy (non-hydrogen) atoms. The van der Waals surface area contributed by atoms with Crippen molar-refractivity contribution in [2.45, 2.75) is 6.42 Å². The second-order valence-electron chi connectivity index (χ2n) is 3.89. The van der Waals surface area contributed by atoms with Crippen LogP contribution in [0.1, 0.15) is 12.0 Å². The lowest BCUT2D eigenvalue weighted by Gasteiger charge is -2.15. The third-order valence-electron chi connectivity index (χ3n) is 2.54. The van der Waals surface area contributed by atoms with Crippen LogP contribution >= 0.6 is 23.4 Å². The Bertz CT molecular complexity index is 540. The van der Waals surface area contributed by atoms with Crippen LogP contribution in [0.4, 0.5) is 0 Å². The maximum Gasteiger partial charge on any atom is 0.106 e. The lowest BCUT2D eigenvalue weighted by molar-refractivity contribution is 0.213. The number of hydrogen-bond acceptors (Lipinski definition) is 4. The predicted molar refractivity (Wildman–Crippen MR) is 78.7 cm³/mol. The van der Waals surface area contributed by atoms with E-state index in [0.717, 1.165) is 11.3 Å². The van der Waals surface area contributed by atoms with Gasteiger partial charge in [-0.15, -0.1) is 0 Å². The van der Waals surface area contributed by atoms with E-state index >= 15 is 0 Å². The molecule has 0 saturated carbocycles. The molecule has 0 aliphatic carbocycles. The van der Waals surface area contributed by atoms with Gasteiger partial charge in [0.15, 0.2) is 0 Å². The molecule has 1 aromatic carbocycles. The summed E-state index contributed by atoms with van der Waals surface area (Å²) in [5.41, 5.74) is 2.34. The van der Waals surface area contributed by atoms with Crippen molar-refractivity contribution < 1.29 is 4.84 Å². The predicted octanol–water partition coefficient (Wildman–Crippen LogP) is 3.46. The number of oxime groups is 1. The first-order chi connectivity index (χ1) is 9.20. The molecule has 0 amide bonds. The van der Waals surface area contributed by atoms with Gasteiger partial charge in [0.05, 0.1) is 18.0 Å². The molecule has 4 nitrogen and oxygen atoms in total. The van der Waals surface area contributed by atoms with E-state index < -0.39 is 0 Å². The molecule has 100 valence electrons. The number of aliphatic imine (C=N–C) groups is 1. The van der Waals surface area contributed by atoms with Crippen LogP contribution in [0.15, 0.2) is 46.3 Å². The van der Waals surface area contributed by atoms with Crippen molar-refractivity contribution in [2.24, 2.45) is 10.1 Å². The number of allylic oxidation sites excluding steroid dienone is 1. The highest BCUT2D eigenvalue weighted by Crippen LogP contribution is 2.21. The molecule has 2 rings (SSSR count). The van der Waals surface area contributed by atoms with Gasteiger partial charge in [-0.25, -0.2) is 0 Å². The smallest absolute Gasteiger partial charge is 0.106 e. The Kier molecular flexibility index (Phi) is 4.82. The largest absolute Gasteiger partial charge is 0.399 e. The molecule has 0 N–H and O–H groups in total. The van der Waals surface area contributed by atoms with Crippen molar-refractivity contribution in [1.29, 1.82) is 0 Å². The monoisotopic (exact) mass is 297 g/mol. The molecule has 1 aliphatic heterocycles. The molecule has 0 saturated heterocycles. The van der Waals surface area contributed by atoms with Crippen LogP contribution in [-0.4, -0.2) is 30.0 Å². The van der Waals surface area contributed by atoms with E-state index in [1.165, 1.54) is 7.11 Å². The summed E-state index contributed by atoms with van der Waals surface area (Å²) in [4.78, 5) is 9.17. The van der Waals surface area contributed by atoms with Gasteiger partial charge in [0.1, 0.15) is 7.11 Å². The zero-order chi connectivity index (χ0) is 13.7. The number of hydrogen-bond donors (Lipinski definition) is 0. The Balaban J connectivity index is 2.25. The Morgan fingerprint density at radius 2 is 2.26 bits per heavy atom. The quantitative estimate of drug-likeness (QED) is 0.485. The Hall–Kier alpha value is -1.52. The first-order valence-corrected chi connectivity index (χ1v) is 6.43. The van der Waals surface area contributed by atoms with Crippen molar-refractivity contribution in [1.82, 2.24) is 4.42 Å². The molecule has 0 spiro atoms. The van der Waals surface area contributed by atoms with Gasteiger partial charge in [-0.05, 0) is 6.07 Å². The number of halogens is 2. The van der Waals surface area contributed by atoms with Gasteiger partial charge in [0.25, 0.3) is 0 Å². The lowest BCUT2D eigenvalue weighted by Crippen LogP contribution is -2.14. The molecule has 0 aromatic heterocycles. The van der Waals surface area contributed by atoms with E-state index in [2.05, 4.69) is 10.1 Å². The first kappa shape index (κ1) is 13.9. The molecule has 1 heterocycles. The standard InChI is InChI=1S/C13H13Cl2N3O/c1-19-17-13(11-4-2-3-5-12(11)14)8-10-9-18(15)7-6-16-10/h2-6,9H,7-8H2,1H3. The van der Waals surface area contributed by atoms with Crippen molar-refractivity contribution in [3.05, 3.63) is 46.7 Å². The van der Waals surface area contributed by atoms with Gasteiger partial charge in [-0.2, -0.15) is 0 Å². The zero-order valence-corrected chi connectivity index (χ0v) is 11.9. The van der Waals surface area contributed by atoms with Gasteiger partial charge < -0.3 is 4.84 Å². The minimum atomic E-state index is 0.497. The highest BCUT2D eigenvalue weighted by Gasteiger charge is 2.13. The van der Waals surface area contributed by atoms with Crippen molar-refractivity contribution in [2.75, 3.05) is 13.7 Å². The Morgan fingerprint density at radius 3 is 2.95 bits per heavy atom. The fourth-order valence-electron chi connectivity index (χ4n) is 1.73. The maximum atomic E-state index is 6.17. The molecule has 1 aromatic rings. The number of nitrogens with zero attached hydrogens (tertiary/aromatic N) is 3. The summed E-state index contributed by atoms with van der Waals surface area (Å²) in [6, 6.07) is 7.48. The molecule has 0 fully saturated rings. The summed E-state index contributed by atoms with van der Waals surface area (Å²) in [5.74, 6) is 0. The van der Waals surface area contributed by atoms with E-state index in [4.69, 9.17) is 28.2 Å². The third kappa shape index (κ3) is 3.72. The Morgan fingerprint density at radius 1 is 1.47 bits per heavy atom. The second kappa shape index (κ2) is 6.59. The van der Waals surface area contributed by atoms with Gasteiger partial charge in [0.2, 0.25) is 0 Å². The summed E-state index contributed by atoms with van der Waals surface area (Å²) < 4.78 is 1.54. The van der Waals surface area contributed by atoms with Crippen LogP contribution in [0.25, 0.3) is 0 Å². The van der Waals surface area contributed by atoms with E-state index in [9.17, 15) is 0 Å². The van der Waals surface area contributed by atoms with E-state index in [1.54, 1.807) is 16.8 Å². The first-order valence-electron chi connectivity index (χ1n) is 5.71. The fraction of sp³-hybridized carbons (Fsp3) is 0.231. The summed E-state index contributed by atoms with van der Waals surface area (Å²) in [6.07, 6.45) is 4.01. The highest BCUT2D eigenvalue weighted by atomic mass is 35.5. The average Bonchev–Trinajstić information content (AvgIpc) is 2.39. The fourth-order valence-corrected chi connectivity index (χ4v) is 2.15. The van der Waals surface area contributed by atoms with Crippen LogP contribution in [0.2, 0.25) is 5.02 Å². The summed E-state index contributed by atoms with van der Waals surface area (Å²) >= 11 is 12.1. The van der Waals surface area contributed by atoms with E-state index in [-0.39, 0.29) is 0 Å². The molecular weight excluding hydrogens is 285 g/mol. The molecule has 0 unspecified atom stereocenters. The maximum absolute atomic E-state index is 6.17. The molecule has 0 atom stereocenters. The molecular formula is C13H13Cl2N3O. The molecule has 1 aliphatic rings. The molecule has 0 bridgehead atoms. The van der Waals surface area contributed by atoms with Crippen LogP contribution in [0, 0.1) is 0 Å². The van der Waals surface area contributed by atoms with E-state index in [0.29, 0.717) is 23.7 Å². The second-order valence-corrected chi connectivity index (χ2v) is 4.73. The SMILES string of the molecule is CON=C(CC1=CN(Cl)CC=N1)c1ccccc1Cl. The highest BCUT2D eigenvalue weighted by molar-refractivity contribution is 6.34. The number of benzene rings is 1. The third-order valence-corrected chi connectivity index (χ3v) is 3.10. The van der Waals surface area contributed by atoms with Crippen LogP contribution in [-0.2, 0) is 4.84 Å².